The minimum atomic E-state index is -0.219. The van der Waals surface area contributed by atoms with E-state index in [1.807, 2.05) is 42.9 Å². The minimum absolute atomic E-state index is 0.219. The molecule has 0 unspecified atom stereocenters. The molecule has 1 aromatic heterocycles. The van der Waals surface area contributed by atoms with Gasteiger partial charge in [0.05, 0.1) is 11.4 Å². The number of fused-ring (bicyclic) bond motifs is 1. The third-order valence-electron chi connectivity index (χ3n) is 5.18. The summed E-state index contributed by atoms with van der Waals surface area (Å²) in [6.45, 7) is 6.48. The van der Waals surface area contributed by atoms with Gasteiger partial charge >= 0.3 is 0 Å². The molecule has 2 heterocycles. The molecule has 140 valence electrons. The lowest BCUT2D eigenvalue weighted by molar-refractivity contribution is 0.148. The Morgan fingerprint density at radius 2 is 1.85 bits per heavy atom. The molecule has 0 radical (unpaired) electrons. The number of benzene rings is 2. The summed E-state index contributed by atoms with van der Waals surface area (Å²) in [5, 5.41) is 4.46. The number of nitrogens with zero attached hydrogens (tertiary/aromatic N) is 3. The van der Waals surface area contributed by atoms with Crippen molar-refractivity contribution < 1.29 is 9.13 Å². The van der Waals surface area contributed by atoms with Gasteiger partial charge in [-0.1, -0.05) is 18.2 Å². The summed E-state index contributed by atoms with van der Waals surface area (Å²) >= 11 is 0. The molecule has 0 fully saturated rings. The Kier molecular flexibility index (Phi) is 4.70. The molecule has 0 aliphatic carbocycles. The molecule has 0 bridgehead atoms. The third kappa shape index (κ3) is 3.74. The minimum Gasteiger partial charge on any atom is -0.492 e. The summed E-state index contributed by atoms with van der Waals surface area (Å²) in [6, 6.07) is 15.3. The summed E-state index contributed by atoms with van der Waals surface area (Å²) in [5.74, 6) is 0.708. The van der Waals surface area contributed by atoms with Crippen molar-refractivity contribution in [2.75, 3.05) is 6.61 Å². The number of hydrogen-bond donors (Lipinski definition) is 0. The van der Waals surface area contributed by atoms with E-state index in [0.717, 1.165) is 41.2 Å². The number of hydrogen-bond acceptors (Lipinski definition) is 3. The van der Waals surface area contributed by atoms with Crippen LogP contribution in [0.5, 0.6) is 5.75 Å². The van der Waals surface area contributed by atoms with E-state index in [1.165, 1.54) is 17.8 Å². The number of rotatable bonds is 3. The van der Waals surface area contributed by atoms with E-state index in [1.54, 1.807) is 0 Å². The monoisotopic (exact) mass is 365 g/mol. The van der Waals surface area contributed by atoms with E-state index >= 15 is 0 Å². The first-order chi connectivity index (χ1) is 13.0. The quantitative estimate of drug-likeness (QED) is 0.693. The summed E-state index contributed by atoms with van der Waals surface area (Å²) < 4.78 is 21.2. The molecule has 2 aromatic carbocycles. The number of aryl methyl sites for hydroxylation is 2. The zero-order valence-corrected chi connectivity index (χ0v) is 15.9. The van der Waals surface area contributed by atoms with Gasteiger partial charge in [0.25, 0.3) is 0 Å². The molecule has 0 spiro atoms. The highest BCUT2D eigenvalue weighted by Gasteiger charge is 2.23. The smallest absolute Gasteiger partial charge is 0.123 e. The van der Waals surface area contributed by atoms with Crippen molar-refractivity contribution in [1.29, 1.82) is 0 Å². The van der Waals surface area contributed by atoms with E-state index < -0.39 is 0 Å². The van der Waals surface area contributed by atoms with Gasteiger partial charge < -0.3 is 4.74 Å². The van der Waals surface area contributed by atoms with Crippen molar-refractivity contribution in [3.63, 3.8) is 0 Å². The molecule has 1 aliphatic heterocycles. The molecule has 4 rings (SSSR count). The van der Waals surface area contributed by atoms with Gasteiger partial charge in [-0.3, -0.25) is 9.58 Å². The zero-order chi connectivity index (χ0) is 19.0. The second kappa shape index (κ2) is 7.16. The standard InChI is InChI=1S/C22H24FN3O/c1-15-10-21(25(3)24-15)13-26-12-19-11-18(17-4-7-20(23)8-5-17)6-9-22(19)27-14-16(26)2/h4-11,16H,12-14H2,1-3H3/t16-/m0/s1. The lowest BCUT2D eigenvalue weighted by atomic mass is 10.0. The van der Waals surface area contributed by atoms with Crippen LogP contribution in [0.4, 0.5) is 4.39 Å². The maximum Gasteiger partial charge on any atom is 0.123 e. The van der Waals surface area contributed by atoms with Crippen LogP contribution in [0.25, 0.3) is 11.1 Å². The Labute approximate surface area is 159 Å². The predicted molar refractivity (Wildman–Crippen MR) is 104 cm³/mol. The number of halogens is 1. The van der Waals surface area contributed by atoms with Crippen molar-refractivity contribution in [1.82, 2.24) is 14.7 Å². The van der Waals surface area contributed by atoms with Gasteiger partial charge in [0.1, 0.15) is 18.2 Å². The van der Waals surface area contributed by atoms with Crippen LogP contribution in [-0.4, -0.2) is 27.3 Å². The van der Waals surface area contributed by atoms with Gasteiger partial charge in [-0.05, 0) is 55.3 Å². The highest BCUT2D eigenvalue weighted by atomic mass is 19.1. The Hall–Kier alpha value is -2.66. The number of aromatic nitrogens is 2. The topological polar surface area (TPSA) is 30.3 Å². The Morgan fingerprint density at radius 1 is 1.11 bits per heavy atom. The molecule has 1 aliphatic rings. The first-order valence-corrected chi connectivity index (χ1v) is 9.25. The molecule has 1 atom stereocenters. The fraction of sp³-hybridized carbons (Fsp3) is 0.318. The molecule has 0 N–H and O–H groups in total. The van der Waals surface area contributed by atoms with E-state index in [-0.39, 0.29) is 5.82 Å². The van der Waals surface area contributed by atoms with Gasteiger partial charge in [0, 0.05) is 31.7 Å². The Bertz CT molecular complexity index is 949. The molecular weight excluding hydrogens is 341 g/mol. The van der Waals surface area contributed by atoms with Gasteiger partial charge in [-0.25, -0.2) is 4.39 Å². The summed E-state index contributed by atoms with van der Waals surface area (Å²) in [7, 11) is 1.99. The average molecular weight is 365 g/mol. The highest BCUT2D eigenvalue weighted by molar-refractivity contribution is 5.65. The van der Waals surface area contributed by atoms with Gasteiger partial charge in [0.2, 0.25) is 0 Å². The molecule has 0 amide bonds. The second-order valence-corrected chi connectivity index (χ2v) is 7.30. The third-order valence-corrected chi connectivity index (χ3v) is 5.18. The number of ether oxygens (including phenoxy) is 1. The molecule has 27 heavy (non-hydrogen) atoms. The summed E-state index contributed by atoms with van der Waals surface area (Å²) in [6.07, 6.45) is 0. The van der Waals surface area contributed by atoms with Crippen LogP contribution in [0.1, 0.15) is 23.9 Å². The van der Waals surface area contributed by atoms with Crippen molar-refractivity contribution in [3.8, 4) is 16.9 Å². The zero-order valence-electron chi connectivity index (χ0n) is 15.9. The van der Waals surface area contributed by atoms with Gasteiger partial charge in [-0.15, -0.1) is 0 Å². The van der Waals surface area contributed by atoms with Gasteiger partial charge in [0.15, 0.2) is 0 Å². The molecule has 5 heteroatoms. The van der Waals surface area contributed by atoms with E-state index in [2.05, 4.69) is 29.1 Å². The Balaban J connectivity index is 1.63. The molecular formula is C22H24FN3O. The molecule has 0 saturated heterocycles. The predicted octanol–water partition coefficient (Wildman–Crippen LogP) is 4.32. The van der Waals surface area contributed by atoms with Crippen LogP contribution >= 0.6 is 0 Å². The van der Waals surface area contributed by atoms with Crippen LogP contribution in [0.15, 0.2) is 48.5 Å². The Morgan fingerprint density at radius 3 is 2.56 bits per heavy atom. The SMILES string of the molecule is Cc1cc(CN2Cc3cc(-c4ccc(F)cc4)ccc3OC[C@@H]2C)n(C)n1. The molecule has 3 aromatic rings. The van der Waals surface area contributed by atoms with Gasteiger partial charge in [-0.2, -0.15) is 5.10 Å². The van der Waals surface area contributed by atoms with Crippen LogP contribution in [0, 0.1) is 12.7 Å². The van der Waals surface area contributed by atoms with Crippen molar-refractivity contribution in [2.45, 2.75) is 33.0 Å². The molecule has 0 saturated carbocycles. The summed E-state index contributed by atoms with van der Waals surface area (Å²) in [4.78, 5) is 2.41. The first kappa shape index (κ1) is 17.7. The van der Waals surface area contributed by atoms with Crippen LogP contribution in [0.2, 0.25) is 0 Å². The van der Waals surface area contributed by atoms with E-state index in [9.17, 15) is 4.39 Å². The van der Waals surface area contributed by atoms with Crippen LogP contribution < -0.4 is 4.74 Å². The second-order valence-electron chi connectivity index (χ2n) is 7.30. The first-order valence-electron chi connectivity index (χ1n) is 9.25. The van der Waals surface area contributed by atoms with E-state index in [4.69, 9.17) is 4.74 Å². The lowest BCUT2D eigenvalue weighted by Crippen LogP contribution is -2.35. The highest BCUT2D eigenvalue weighted by Crippen LogP contribution is 2.31. The largest absolute Gasteiger partial charge is 0.492 e. The summed E-state index contributed by atoms with van der Waals surface area (Å²) in [5.41, 5.74) is 5.45. The van der Waals surface area contributed by atoms with E-state index in [0.29, 0.717) is 12.6 Å². The maximum absolute atomic E-state index is 13.2. The lowest BCUT2D eigenvalue weighted by Gasteiger charge is -2.26. The fourth-order valence-electron chi connectivity index (χ4n) is 3.59. The maximum atomic E-state index is 13.2. The van der Waals surface area contributed by atoms with Crippen LogP contribution in [0.3, 0.4) is 0 Å². The van der Waals surface area contributed by atoms with Crippen molar-refractivity contribution in [2.24, 2.45) is 7.05 Å². The van der Waals surface area contributed by atoms with Crippen LogP contribution in [-0.2, 0) is 20.1 Å². The fourth-order valence-corrected chi connectivity index (χ4v) is 3.59. The van der Waals surface area contributed by atoms with Crippen molar-refractivity contribution >= 4 is 0 Å². The molecule has 4 nitrogen and oxygen atoms in total. The van der Waals surface area contributed by atoms with Crippen molar-refractivity contribution in [3.05, 3.63) is 71.3 Å². The average Bonchev–Trinajstić information content (AvgIpc) is 2.88. The normalized spacial score (nSPS) is 17.3.